The predicted octanol–water partition coefficient (Wildman–Crippen LogP) is 27.9. The second kappa shape index (κ2) is 79.5. The van der Waals surface area contributed by atoms with Crippen molar-refractivity contribution < 1.29 is 42.1 Å². The van der Waals surface area contributed by atoms with Crippen LogP contribution in [0, 0.1) is 0 Å². The number of hydrogen-bond donors (Lipinski definition) is 0. The molecule has 0 fully saturated rings. The van der Waals surface area contributed by atoms with E-state index in [1.165, 1.54) is 244 Å². The van der Waals surface area contributed by atoms with Gasteiger partial charge in [-0.05, 0) is 89.9 Å². The van der Waals surface area contributed by atoms with Gasteiger partial charge in [0.1, 0.15) is 19.8 Å². The Labute approximate surface area is 619 Å². The summed E-state index contributed by atoms with van der Waals surface area (Å²) >= 11 is 0. The Hall–Kier alpha value is -3.59. The number of likely N-dealkylation sites (N-methyl/N-ethyl adjacent to an activating group) is 1. The van der Waals surface area contributed by atoms with E-state index in [1.54, 1.807) is 0 Å². The maximum absolute atomic E-state index is 12.9. The minimum atomic E-state index is -4.66. The Morgan fingerprint density at radius 1 is 0.320 bits per heavy atom. The highest BCUT2D eigenvalue weighted by atomic mass is 31.2. The quantitative estimate of drug-likeness (QED) is 0.0195. The number of rotatable bonds is 78. The molecule has 0 aliphatic heterocycles. The molecule has 0 rings (SSSR count). The van der Waals surface area contributed by atoms with Gasteiger partial charge in [-0.1, -0.05) is 405 Å². The summed E-state index contributed by atoms with van der Waals surface area (Å²) in [6, 6.07) is 0. The summed E-state index contributed by atoms with van der Waals surface area (Å²) in [5.41, 5.74) is 0. The summed E-state index contributed by atoms with van der Waals surface area (Å²) in [7, 11) is 1.16. The van der Waals surface area contributed by atoms with E-state index in [9.17, 15) is 19.0 Å². The van der Waals surface area contributed by atoms with Crippen molar-refractivity contribution in [2.45, 2.75) is 392 Å². The first kappa shape index (κ1) is 96.4. The molecule has 0 aliphatic rings. The Morgan fingerprint density at radius 2 is 0.570 bits per heavy atom. The smallest absolute Gasteiger partial charge is 0.306 e. The molecule has 2 unspecified atom stereocenters. The molecule has 0 heterocycles. The zero-order chi connectivity index (χ0) is 72.5. The van der Waals surface area contributed by atoms with Gasteiger partial charge in [0.15, 0.2) is 6.10 Å². The Bertz CT molecular complexity index is 2110. The normalized spacial score (nSPS) is 13.6. The number of hydrogen-bond acceptors (Lipinski definition) is 8. The highest BCUT2D eigenvalue weighted by Gasteiger charge is 2.22. The monoisotopic (exact) mass is 1410 g/mol. The number of esters is 2. The Balaban J connectivity index is 3.98. The summed E-state index contributed by atoms with van der Waals surface area (Å²) in [6.07, 6.45) is 115. The number of phosphoric ester groups is 1. The van der Waals surface area contributed by atoms with Gasteiger partial charge in [0.25, 0.3) is 7.82 Å². The van der Waals surface area contributed by atoms with Gasteiger partial charge in [-0.2, -0.15) is 0 Å². The van der Waals surface area contributed by atoms with E-state index in [2.05, 4.69) is 135 Å². The lowest BCUT2D eigenvalue weighted by Gasteiger charge is -2.28. The molecule has 0 spiro atoms. The minimum absolute atomic E-state index is 0.0361. The molecular formula is C90H160NO8P. The second-order valence-corrected chi connectivity index (χ2v) is 30.9. The molecule has 0 saturated carbocycles. The third-order valence-corrected chi connectivity index (χ3v) is 19.5. The molecular weight excluding hydrogens is 1250 g/mol. The molecule has 0 amide bonds. The van der Waals surface area contributed by atoms with Crippen molar-refractivity contribution in [1.82, 2.24) is 0 Å². The van der Waals surface area contributed by atoms with Gasteiger partial charge in [0.05, 0.1) is 27.7 Å². The zero-order valence-corrected chi connectivity index (χ0v) is 67.0. The molecule has 0 aromatic heterocycles. The topological polar surface area (TPSA) is 111 Å². The van der Waals surface area contributed by atoms with Gasteiger partial charge in [-0.3, -0.25) is 14.2 Å². The number of unbranched alkanes of at least 4 members (excludes halogenated alkanes) is 44. The van der Waals surface area contributed by atoms with Crippen LogP contribution in [0.5, 0.6) is 0 Å². The van der Waals surface area contributed by atoms with Gasteiger partial charge in [0, 0.05) is 12.8 Å². The number of nitrogens with zero attached hydrogens (tertiary/aromatic N) is 1. The van der Waals surface area contributed by atoms with Crippen LogP contribution < -0.4 is 4.89 Å². The van der Waals surface area contributed by atoms with Gasteiger partial charge in [0.2, 0.25) is 0 Å². The van der Waals surface area contributed by atoms with Crippen molar-refractivity contribution in [3.63, 3.8) is 0 Å². The van der Waals surface area contributed by atoms with Crippen LogP contribution in [0.1, 0.15) is 386 Å². The van der Waals surface area contributed by atoms with Crippen molar-refractivity contribution in [3.05, 3.63) is 122 Å². The number of ether oxygens (including phenoxy) is 2. The van der Waals surface area contributed by atoms with Crippen LogP contribution in [-0.4, -0.2) is 70.0 Å². The lowest BCUT2D eigenvalue weighted by Crippen LogP contribution is -2.37. The van der Waals surface area contributed by atoms with Crippen molar-refractivity contribution in [3.8, 4) is 0 Å². The van der Waals surface area contributed by atoms with Crippen LogP contribution >= 0.6 is 7.82 Å². The molecule has 578 valence electrons. The van der Waals surface area contributed by atoms with E-state index in [0.29, 0.717) is 17.4 Å². The van der Waals surface area contributed by atoms with Crippen LogP contribution in [0.25, 0.3) is 0 Å². The predicted molar refractivity (Wildman–Crippen MR) is 434 cm³/mol. The van der Waals surface area contributed by atoms with Crippen molar-refractivity contribution >= 4 is 19.8 Å². The summed E-state index contributed by atoms with van der Waals surface area (Å²) < 4.78 is 34.4. The number of phosphoric acid groups is 1. The lowest BCUT2D eigenvalue weighted by atomic mass is 10.0. The first-order chi connectivity index (χ1) is 49.0. The molecule has 0 radical (unpaired) electrons. The molecule has 0 aliphatic carbocycles. The van der Waals surface area contributed by atoms with E-state index in [1.807, 2.05) is 21.1 Å². The first-order valence-corrected chi connectivity index (χ1v) is 43.7. The van der Waals surface area contributed by atoms with Crippen LogP contribution in [0.15, 0.2) is 122 Å². The van der Waals surface area contributed by atoms with Gasteiger partial charge < -0.3 is 27.9 Å². The molecule has 9 nitrogen and oxygen atoms in total. The van der Waals surface area contributed by atoms with E-state index < -0.39 is 26.5 Å². The lowest BCUT2D eigenvalue weighted by molar-refractivity contribution is -0.870. The number of allylic oxidation sites excluding steroid dienone is 20. The summed E-state index contributed by atoms with van der Waals surface area (Å²) in [5, 5.41) is 0. The van der Waals surface area contributed by atoms with Crippen LogP contribution in [0.3, 0.4) is 0 Å². The summed E-state index contributed by atoms with van der Waals surface area (Å²) in [4.78, 5) is 38.2. The number of carbonyl (C=O) groups excluding carboxylic acids is 2. The molecule has 0 aromatic carbocycles. The molecule has 0 bridgehead atoms. The summed E-state index contributed by atoms with van der Waals surface area (Å²) in [6.45, 7) is 4.16. The zero-order valence-electron chi connectivity index (χ0n) is 66.1. The molecule has 100 heavy (non-hydrogen) atoms. The van der Waals surface area contributed by atoms with Gasteiger partial charge >= 0.3 is 11.9 Å². The Kier molecular flexibility index (Phi) is 76.7. The molecule has 0 N–H and O–H groups in total. The van der Waals surface area contributed by atoms with Crippen LogP contribution in [0.4, 0.5) is 0 Å². The average molecular weight is 1420 g/mol. The van der Waals surface area contributed by atoms with Crippen molar-refractivity contribution in [2.24, 2.45) is 0 Å². The average Bonchev–Trinajstić information content (AvgIpc) is 1.07. The molecule has 2 atom stereocenters. The van der Waals surface area contributed by atoms with E-state index >= 15 is 0 Å². The highest BCUT2D eigenvalue weighted by molar-refractivity contribution is 7.45. The third-order valence-electron chi connectivity index (χ3n) is 18.5. The fourth-order valence-electron chi connectivity index (χ4n) is 12.1. The van der Waals surface area contributed by atoms with E-state index in [0.717, 1.165) is 109 Å². The molecule has 0 aromatic rings. The van der Waals surface area contributed by atoms with Crippen molar-refractivity contribution in [2.75, 3.05) is 47.5 Å². The largest absolute Gasteiger partial charge is 0.756 e. The summed E-state index contributed by atoms with van der Waals surface area (Å²) in [5.74, 6) is -0.833. The number of carbonyl (C=O) groups is 2. The Morgan fingerprint density at radius 3 is 0.850 bits per heavy atom. The highest BCUT2D eigenvalue weighted by Crippen LogP contribution is 2.38. The molecule has 0 saturated heterocycles. The standard InChI is InChI=1S/C90H160NO8P/c1-6-8-10-12-14-16-18-20-22-24-26-28-30-32-34-36-38-40-42-44-45-47-49-51-53-55-57-59-61-63-65-67-69-71-73-75-77-79-81-83-90(93)99-88(87-98-100(94,95)97-85-84-91(3,4)5)86-96-89(92)82-80-78-76-74-72-70-68-66-64-62-60-58-56-54-52-50-48-46-43-41-39-37-35-33-31-29-27-25-23-21-19-17-15-13-11-9-7-2/h8,10,14,16,20,22,26,28,32,34,38,40,44-45,49,51,55,57,61,63,88H,6-7,9,11-13,15,17-19,21,23-25,27,29-31,33,35-37,39,41-43,46-48,50,52-54,56,58-60,62,64-87H2,1-5H3/b10-8-,16-14-,22-20-,28-26-,34-32-,40-38-,45-44-,51-49-,57-55-,63-61-. The van der Waals surface area contributed by atoms with Crippen LogP contribution in [0.2, 0.25) is 0 Å². The minimum Gasteiger partial charge on any atom is -0.756 e. The fraction of sp³-hybridized carbons (Fsp3) is 0.756. The SMILES string of the molecule is CC/C=C\C/C=C\C/C=C\C/C=C\C/C=C\C/C=C\C/C=C\C/C=C\C/C=C\C/C=C\CCCCCCCCCCC(=O)OC(COC(=O)CCCCCCCCCCCCCCCCCCCCCCCCCCCCCCCCCCCCCCC)COP(=O)([O-])OCC[N+](C)(C)C. The second-order valence-electron chi connectivity index (χ2n) is 29.5. The number of quaternary nitrogens is 1. The van der Waals surface area contributed by atoms with E-state index in [4.69, 9.17) is 18.5 Å². The first-order valence-electron chi connectivity index (χ1n) is 42.2. The maximum atomic E-state index is 12.9. The van der Waals surface area contributed by atoms with Crippen LogP contribution in [-0.2, 0) is 32.7 Å². The fourth-order valence-corrected chi connectivity index (χ4v) is 12.8. The van der Waals surface area contributed by atoms with Gasteiger partial charge in [-0.25, -0.2) is 0 Å². The van der Waals surface area contributed by atoms with Crippen molar-refractivity contribution in [1.29, 1.82) is 0 Å². The third kappa shape index (κ3) is 83.4. The molecule has 10 heteroatoms. The van der Waals surface area contributed by atoms with E-state index in [-0.39, 0.29) is 32.0 Å². The maximum Gasteiger partial charge on any atom is 0.306 e. The van der Waals surface area contributed by atoms with Gasteiger partial charge in [-0.15, -0.1) is 0 Å².